The minimum atomic E-state index is -0.437. The molecule has 21 heavy (non-hydrogen) atoms. The molecule has 2 fully saturated rings. The van der Waals surface area contributed by atoms with Gasteiger partial charge in [0.25, 0.3) is 0 Å². The van der Waals surface area contributed by atoms with E-state index in [1.54, 1.807) is 7.11 Å². The van der Waals surface area contributed by atoms with Gasteiger partial charge in [-0.25, -0.2) is 0 Å². The van der Waals surface area contributed by atoms with Crippen molar-refractivity contribution in [3.63, 3.8) is 0 Å². The topological polar surface area (TPSA) is 35.9 Å². The average Bonchev–Trinajstić information content (AvgIpc) is 2.86. The first-order valence-electron chi connectivity index (χ1n) is 8.04. The van der Waals surface area contributed by atoms with Gasteiger partial charge in [-0.3, -0.25) is 9.80 Å². The predicted octanol–water partition coefficient (Wildman–Crippen LogP) is 1.90. The molecule has 3 rings (SSSR count). The molecule has 1 aromatic rings. The van der Waals surface area contributed by atoms with Gasteiger partial charge in [0, 0.05) is 19.1 Å². The Bertz CT molecular complexity index is 466. The highest BCUT2D eigenvalue weighted by molar-refractivity contribution is 5.29. The molecule has 2 unspecified atom stereocenters. The van der Waals surface area contributed by atoms with E-state index in [0.717, 1.165) is 30.9 Å². The van der Waals surface area contributed by atoms with Crippen LogP contribution in [0.25, 0.3) is 0 Å². The summed E-state index contributed by atoms with van der Waals surface area (Å²) in [5.41, 5.74) is 0.946. The maximum Gasteiger partial charge on any atom is 0.119 e. The number of methoxy groups -OCH3 is 1. The zero-order valence-corrected chi connectivity index (χ0v) is 12.9. The van der Waals surface area contributed by atoms with Crippen LogP contribution in [0.1, 0.15) is 30.9 Å². The lowest BCUT2D eigenvalue weighted by Crippen LogP contribution is -2.38. The Morgan fingerprint density at radius 2 is 2.14 bits per heavy atom. The quantitative estimate of drug-likeness (QED) is 0.919. The first-order valence-corrected chi connectivity index (χ1v) is 8.04. The summed E-state index contributed by atoms with van der Waals surface area (Å²) in [4.78, 5) is 5.05. The molecule has 116 valence electrons. The fourth-order valence-corrected chi connectivity index (χ4v) is 3.65. The van der Waals surface area contributed by atoms with Crippen LogP contribution in [0.2, 0.25) is 0 Å². The van der Waals surface area contributed by atoms with Crippen LogP contribution >= 0.6 is 0 Å². The molecule has 0 saturated carbocycles. The lowest BCUT2D eigenvalue weighted by Gasteiger charge is -2.27. The molecule has 0 radical (unpaired) electrons. The number of β-amino-alcohol motifs (C(OH)–C–C–N with tert-alkyl or cyclic N) is 1. The van der Waals surface area contributed by atoms with Gasteiger partial charge in [0.05, 0.1) is 13.2 Å². The van der Waals surface area contributed by atoms with Crippen LogP contribution in [0, 0.1) is 0 Å². The smallest absolute Gasteiger partial charge is 0.119 e. The number of hydrogen-bond acceptors (Lipinski definition) is 4. The van der Waals surface area contributed by atoms with Crippen molar-refractivity contribution in [3.8, 4) is 5.75 Å². The summed E-state index contributed by atoms with van der Waals surface area (Å²) in [5.74, 6) is 0.810. The van der Waals surface area contributed by atoms with Gasteiger partial charge in [0.1, 0.15) is 5.75 Å². The van der Waals surface area contributed by atoms with Crippen LogP contribution in [0.15, 0.2) is 24.3 Å². The summed E-state index contributed by atoms with van der Waals surface area (Å²) in [6, 6.07) is 8.47. The molecule has 2 saturated heterocycles. The fraction of sp³-hybridized carbons (Fsp3) is 0.647. The van der Waals surface area contributed by atoms with Crippen molar-refractivity contribution in [2.75, 3.05) is 39.8 Å². The van der Waals surface area contributed by atoms with E-state index in [2.05, 4.69) is 9.80 Å². The Hall–Kier alpha value is -1.10. The summed E-state index contributed by atoms with van der Waals surface area (Å²) in [5, 5.41) is 10.5. The van der Waals surface area contributed by atoms with Crippen molar-refractivity contribution >= 4 is 0 Å². The van der Waals surface area contributed by atoms with E-state index >= 15 is 0 Å². The summed E-state index contributed by atoms with van der Waals surface area (Å²) in [6.45, 7) is 5.39. The molecule has 0 spiro atoms. The third-order valence-corrected chi connectivity index (χ3v) is 4.80. The normalized spacial score (nSPS) is 25.3. The van der Waals surface area contributed by atoms with E-state index in [1.807, 2.05) is 24.3 Å². The monoisotopic (exact) mass is 290 g/mol. The highest BCUT2D eigenvalue weighted by Crippen LogP contribution is 2.24. The lowest BCUT2D eigenvalue weighted by molar-refractivity contribution is 0.107. The molecule has 2 aliphatic rings. The molecule has 1 aromatic carbocycles. The van der Waals surface area contributed by atoms with Crippen molar-refractivity contribution in [1.82, 2.24) is 9.80 Å². The number of nitrogens with zero attached hydrogens (tertiary/aromatic N) is 2. The third kappa shape index (κ3) is 3.57. The highest BCUT2D eigenvalue weighted by atomic mass is 16.5. The van der Waals surface area contributed by atoms with Gasteiger partial charge >= 0.3 is 0 Å². The van der Waals surface area contributed by atoms with Gasteiger partial charge in [0.15, 0.2) is 0 Å². The van der Waals surface area contributed by atoms with E-state index in [0.29, 0.717) is 6.04 Å². The number of rotatable bonds is 4. The Balaban J connectivity index is 1.61. The molecule has 0 aliphatic carbocycles. The van der Waals surface area contributed by atoms with Crippen molar-refractivity contribution in [2.45, 2.75) is 31.4 Å². The Kier molecular flexibility index (Phi) is 4.78. The van der Waals surface area contributed by atoms with E-state index in [-0.39, 0.29) is 0 Å². The van der Waals surface area contributed by atoms with Crippen molar-refractivity contribution in [3.05, 3.63) is 29.8 Å². The van der Waals surface area contributed by atoms with E-state index in [4.69, 9.17) is 4.74 Å². The zero-order valence-electron chi connectivity index (χ0n) is 12.9. The van der Waals surface area contributed by atoms with Gasteiger partial charge in [-0.1, -0.05) is 12.1 Å². The van der Waals surface area contributed by atoms with Crippen LogP contribution in [-0.4, -0.2) is 60.8 Å². The molecule has 0 amide bonds. The number of ether oxygens (including phenoxy) is 1. The molecule has 1 N–H and O–H groups in total. The zero-order chi connectivity index (χ0) is 14.7. The number of aliphatic hydroxyl groups is 1. The largest absolute Gasteiger partial charge is 0.497 e. The number of benzene rings is 1. The van der Waals surface area contributed by atoms with Crippen molar-refractivity contribution in [2.24, 2.45) is 0 Å². The minimum Gasteiger partial charge on any atom is -0.497 e. The van der Waals surface area contributed by atoms with Crippen LogP contribution in [-0.2, 0) is 0 Å². The average molecular weight is 290 g/mol. The second-order valence-electron chi connectivity index (χ2n) is 6.24. The first-order chi connectivity index (χ1) is 10.3. The summed E-state index contributed by atoms with van der Waals surface area (Å²) >= 11 is 0. The fourth-order valence-electron chi connectivity index (χ4n) is 3.65. The van der Waals surface area contributed by atoms with Crippen LogP contribution in [0.5, 0.6) is 5.75 Å². The summed E-state index contributed by atoms with van der Waals surface area (Å²) in [7, 11) is 1.66. The molecular weight excluding hydrogens is 264 g/mol. The number of hydrogen-bond donors (Lipinski definition) is 1. The van der Waals surface area contributed by atoms with Gasteiger partial charge in [-0.15, -0.1) is 0 Å². The van der Waals surface area contributed by atoms with E-state index in [9.17, 15) is 5.11 Å². The molecule has 0 aromatic heterocycles. The highest BCUT2D eigenvalue weighted by Gasteiger charge is 2.29. The molecule has 0 bridgehead atoms. The Morgan fingerprint density at radius 1 is 1.29 bits per heavy atom. The maximum atomic E-state index is 10.5. The Labute approximate surface area is 127 Å². The number of aliphatic hydroxyl groups excluding tert-OH is 1. The second kappa shape index (κ2) is 6.77. The Morgan fingerprint density at radius 3 is 3.00 bits per heavy atom. The molecule has 2 heterocycles. The minimum absolute atomic E-state index is 0.437. The van der Waals surface area contributed by atoms with E-state index < -0.39 is 6.10 Å². The maximum absolute atomic E-state index is 10.5. The summed E-state index contributed by atoms with van der Waals surface area (Å²) < 4.78 is 5.24. The second-order valence-corrected chi connectivity index (χ2v) is 6.24. The first kappa shape index (κ1) is 14.8. The van der Waals surface area contributed by atoms with Gasteiger partial charge in [-0.05, 0) is 56.6 Å². The molecule has 4 nitrogen and oxygen atoms in total. The van der Waals surface area contributed by atoms with Gasteiger partial charge in [-0.2, -0.15) is 0 Å². The molecule has 2 aliphatic heterocycles. The van der Waals surface area contributed by atoms with Crippen molar-refractivity contribution in [1.29, 1.82) is 0 Å². The van der Waals surface area contributed by atoms with Gasteiger partial charge in [0.2, 0.25) is 0 Å². The van der Waals surface area contributed by atoms with E-state index in [1.165, 1.54) is 32.4 Å². The summed E-state index contributed by atoms with van der Waals surface area (Å²) in [6.07, 6.45) is 3.41. The standard InChI is InChI=1S/C17H26N2O2/c1-21-16-7-2-5-14(11-16)17(20)13-18-8-4-10-19-9-3-6-15(19)12-18/h2,5,7,11,15,17,20H,3-4,6,8-10,12-13H2,1H3. The third-order valence-electron chi connectivity index (χ3n) is 4.80. The van der Waals surface area contributed by atoms with Crippen molar-refractivity contribution < 1.29 is 9.84 Å². The van der Waals surface area contributed by atoms with Crippen LogP contribution < -0.4 is 4.74 Å². The van der Waals surface area contributed by atoms with Crippen LogP contribution in [0.4, 0.5) is 0 Å². The SMILES string of the molecule is COc1cccc(C(O)CN2CCCN3CCCC3C2)c1. The number of fused-ring (bicyclic) bond motifs is 1. The lowest BCUT2D eigenvalue weighted by atomic mass is 10.1. The molecular formula is C17H26N2O2. The van der Waals surface area contributed by atoms with Crippen LogP contribution in [0.3, 0.4) is 0 Å². The molecule has 2 atom stereocenters. The predicted molar refractivity (Wildman–Crippen MR) is 83.6 cm³/mol. The molecule has 4 heteroatoms. The van der Waals surface area contributed by atoms with Gasteiger partial charge < -0.3 is 9.84 Å².